The Morgan fingerprint density at radius 2 is 1.95 bits per heavy atom. The molecule has 0 spiro atoms. The van der Waals surface area contributed by atoms with Gasteiger partial charge in [0, 0.05) is 11.3 Å². The van der Waals surface area contributed by atoms with Crippen LogP contribution in [0.3, 0.4) is 0 Å². The second-order valence-corrected chi connectivity index (χ2v) is 6.37. The van der Waals surface area contributed by atoms with E-state index in [0.29, 0.717) is 5.76 Å². The van der Waals surface area contributed by atoms with Crippen molar-refractivity contribution in [3.05, 3.63) is 60.1 Å². The predicted molar refractivity (Wildman–Crippen MR) is 80.7 cm³/mol. The van der Waals surface area contributed by atoms with E-state index in [1.165, 1.54) is 6.26 Å². The van der Waals surface area contributed by atoms with Crippen molar-refractivity contribution in [1.29, 1.82) is 0 Å². The fraction of sp³-hybridized carbons (Fsp3) is 0.389. The first-order valence-corrected chi connectivity index (χ1v) is 7.42. The number of esters is 1. The van der Waals surface area contributed by atoms with Gasteiger partial charge in [0.05, 0.1) is 12.7 Å². The Balaban J connectivity index is 1.60. The summed E-state index contributed by atoms with van der Waals surface area (Å²) in [7, 11) is 0. The predicted octanol–water partition coefficient (Wildman–Crippen LogP) is 3.26. The zero-order valence-electron chi connectivity index (χ0n) is 12.8. The Kier molecular flexibility index (Phi) is 3.57. The van der Waals surface area contributed by atoms with Crippen LogP contribution in [0, 0.1) is 11.3 Å². The van der Waals surface area contributed by atoms with Gasteiger partial charge < -0.3 is 14.3 Å². The maximum Gasteiger partial charge on any atom is 0.306 e. The van der Waals surface area contributed by atoms with E-state index in [-0.39, 0.29) is 24.9 Å². The number of rotatable bonds is 5. The van der Waals surface area contributed by atoms with E-state index in [0.717, 1.165) is 5.56 Å². The van der Waals surface area contributed by atoms with Gasteiger partial charge in [-0.15, -0.1) is 0 Å². The standard InChI is InChI=1S/C18H20O4/c1-17(2)14(18(17,20)15-9-6-10-21-15)11-16(19)22-12-13-7-4-3-5-8-13/h3-10,14,20H,11-12H2,1-2H3/t14-,18-/m1/s1. The molecule has 0 aliphatic heterocycles. The van der Waals surface area contributed by atoms with E-state index in [1.807, 2.05) is 44.2 Å². The van der Waals surface area contributed by atoms with Crippen molar-refractivity contribution in [2.45, 2.75) is 32.5 Å². The number of carbonyl (C=O) groups is 1. The molecule has 1 aromatic carbocycles. The Morgan fingerprint density at radius 3 is 2.59 bits per heavy atom. The molecule has 4 heteroatoms. The van der Waals surface area contributed by atoms with Crippen molar-refractivity contribution < 1.29 is 19.1 Å². The average molecular weight is 300 g/mol. The molecule has 0 bridgehead atoms. The lowest BCUT2D eigenvalue weighted by Crippen LogP contribution is -2.14. The van der Waals surface area contributed by atoms with Gasteiger partial charge >= 0.3 is 5.97 Å². The molecule has 0 unspecified atom stereocenters. The van der Waals surface area contributed by atoms with Crippen LogP contribution in [0.2, 0.25) is 0 Å². The Morgan fingerprint density at radius 1 is 1.23 bits per heavy atom. The minimum absolute atomic E-state index is 0.178. The Labute approximate surface area is 129 Å². The van der Waals surface area contributed by atoms with Crippen LogP contribution in [0.4, 0.5) is 0 Å². The normalized spacial score (nSPS) is 25.7. The van der Waals surface area contributed by atoms with E-state index in [2.05, 4.69) is 0 Å². The average Bonchev–Trinajstić information content (AvgIpc) is 2.95. The highest BCUT2D eigenvalue weighted by molar-refractivity contribution is 5.71. The van der Waals surface area contributed by atoms with Crippen LogP contribution in [0.1, 0.15) is 31.6 Å². The van der Waals surface area contributed by atoms with Crippen molar-refractivity contribution in [1.82, 2.24) is 0 Å². The third kappa shape index (κ3) is 2.33. The van der Waals surface area contributed by atoms with E-state index in [4.69, 9.17) is 9.15 Å². The lowest BCUT2D eigenvalue weighted by Gasteiger charge is -2.09. The molecule has 1 fully saturated rings. The summed E-state index contributed by atoms with van der Waals surface area (Å²) in [6.07, 6.45) is 1.71. The van der Waals surface area contributed by atoms with Gasteiger partial charge in [-0.2, -0.15) is 0 Å². The number of aliphatic hydroxyl groups is 1. The number of hydrogen-bond acceptors (Lipinski definition) is 4. The zero-order valence-corrected chi connectivity index (χ0v) is 12.8. The van der Waals surface area contributed by atoms with Crippen molar-refractivity contribution in [3.63, 3.8) is 0 Å². The second-order valence-electron chi connectivity index (χ2n) is 6.37. The summed E-state index contributed by atoms with van der Waals surface area (Å²) < 4.78 is 10.6. The summed E-state index contributed by atoms with van der Waals surface area (Å²) in [6.45, 7) is 4.13. The SMILES string of the molecule is CC1(C)[C@@H](CC(=O)OCc2ccccc2)[C@@]1(O)c1ccco1. The number of ether oxygens (including phenoxy) is 1. The first-order valence-electron chi connectivity index (χ1n) is 7.42. The van der Waals surface area contributed by atoms with Gasteiger partial charge in [-0.05, 0) is 17.7 Å². The quantitative estimate of drug-likeness (QED) is 0.861. The fourth-order valence-corrected chi connectivity index (χ4v) is 3.20. The van der Waals surface area contributed by atoms with Crippen LogP contribution in [0.5, 0.6) is 0 Å². The van der Waals surface area contributed by atoms with Gasteiger partial charge in [0.25, 0.3) is 0 Å². The van der Waals surface area contributed by atoms with Gasteiger partial charge in [-0.3, -0.25) is 4.79 Å². The molecule has 1 heterocycles. The first kappa shape index (κ1) is 14.9. The summed E-state index contributed by atoms with van der Waals surface area (Å²) in [5.41, 5.74) is -0.550. The highest BCUT2D eigenvalue weighted by Gasteiger charge is 2.73. The fourth-order valence-electron chi connectivity index (χ4n) is 3.20. The number of furan rings is 1. The summed E-state index contributed by atoms with van der Waals surface area (Å²) in [5.74, 6) is 0.0113. The van der Waals surface area contributed by atoms with Crippen LogP contribution in [0.15, 0.2) is 53.1 Å². The van der Waals surface area contributed by atoms with Gasteiger partial charge in [-0.1, -0.05) is 44.2 Å². The van der Waals surface area contributed by atoms with Crippen molar-refractivity contribution in [2.75, 3.05) is 0 Å². The summed E-state index contributed by atoms with van der Waals surface area (Å²) >= 11 is 0. The maximum absolute atomic E-state index is 12.0. The van der Waals surface area contributed by atoms with Crippen LogP contribution in [0.25, 0.3) is 0 Å². The number of carbonyl (C=O) groups excluding carboxylic acids is 1. The van der Waals surface area contributed by atoms with Crippen molar-refractivity contribution in [3.8, 4) is 0 Å². The molecule has 0 amide bonds. The van der Waals surface area contributed by atoms with E-state index < -0.39 is 11.0 Å². The summed E-state index contributed by atoms with van der Waals surface area (Å²) in [5, 5.41) is 10.8. The number of benzene rings is 1. The Bertz CT molecular complexity index is 645. The highest BCUT2D eigenvalue weighted by atomic mass is 16.5. The summed E-state index contributed by atoms with van der Waals surface area (Å²) in [6, 6.07) is 13.0. The molecule has 1 N–H and O–H groups in total. The molecule has 4 nitrogen and oxygen atoms in total. The molecular formula is C18H20O4. The van der Waals surface area contributed by atoms with Crippen molar-refractivity contribution in [2.24, 2.45) is 11.3 Å². The molecule has 2 atom stereocenters. The topological polar surface area (TPSA) is 59.7 Å². The largest absolute Gasteiger partial charge is 0.466 e. The lowest BCUT2D eigenvalue weighted by atomic mass is 10.1. The van der Waals surface area contributed by atoms with Crippen molar-refractivity contribution >= 4 is 5.97 Å². The molecule has 1 aliphatic carbocycles. The Hall–Kier alpha value is -2.07. The molecule has 116 valence electrons. The van der Waals surface area contributed by atoms with E-state index >= 15 is 0 Å². The molecule has 2 aromatic rings. The van der Waals surface area contributed by atoms with Crippen LogP contribution in [-0.2, 0) is 21.7 Å². The third-order valence-electron chi connectivity index (χ3n) is 4.78. The van der Waals surface area contributed by atoms with Gasteiger partial charge in [0.2, 0.25) is 0 Å². The first-order chi connectivity index (χ1) is 10.5. The number of hydrogen-bond donors (Lipinski definition) is 1. The minimum Gasteiger partial charge on any atom is -0.466 e. The molecular weight excluding hydrogens is 280 g/mol. The van der Waals surface area contributed by atoms with E-state index in [1.54, 1.807) is 12.1 Å². The molecule has 1 aliphatic rings. The minimum atomic E-state index is -1.09. The monoisotopic (exact) mass is 300 g/mol. The van der Waals surface area contributed by atoms with Gasteiger partial charge in [-0.25, -0.2) is 0 Å². The van der Waals surface area contributed by atoms with Gasteiger partial charge in [0.1, 0.15) is 18.0 Å². The third-order valence-corrected chi connectivity index (χ3v) is 4.78. The highest BCUT2D eigenvalue weighted by Crippen LogP contribution is 2.69. The smallest absolute Gasteiger partial charge is 0.306 e. The molecule has 1 aromatic heterocycles. The van der Waals surface area contributed by atoms with E-state index in [9.17, 15) is 9.90 Å². The lowest BCUT2D eigenvalue weighted by molar-refractivity contribution is -0.146. The molecule has 3 rings (SSSR count). The van der Waals surface area contributed by atoms with Crippen LogP contribution < -0.4 is 0 Å². The van der Waals surface area contributed by atoms with Gasteiger partial charge in [0.15, 0.2) is 0 Å². The second kappa shape index (κ2) is 5.29. The molecule has 0 saturated heterocycles. The zero-order chi connectivity index (χ0) is 15.8. The molecule has 22 heavy (non-hydrogen) atoms. The van der Waals surface area contributed by atoms with Crippen LogP contribution >= 0.6 is 0 Å². The van der Waals surface area contributed by atoms with Crippen LogP contribution in [-0.4, -0.2) is 11.1 Å². The summed E-state index contributed by atoms with van der Waals surface area (Å²) in [4.78, 5) is 12.0. The molecule has 0 radical (unpaired) electrons. The maximum atomic E-state index is 12.0. The molecule has 1 saturated carbocycles.